The fourth-order valence-electron chi connectivity index (χ4n) is 1.65. The second-order valence-electron chi connectivity index (χ2n) is 4.28. The summed E-state index contributed by atoms with van der Waals surface area (Å²) >= 11 is 2.02. The number of rotatable bonds is 4. The zero-order chi connectivity index (χ0) is 9.90. The first kappa shape index (κ1) is 11.3. The lowest BCUT2D eigenvalue weighted by Gasteiger charge is -2.31. The summed E-state index contributed by atoms with van der Waals surface area (Å²) in [7, 11) is 2.13. The zero-order valence-corrected chi connectivity index (χ0v) is 9.73. The van der Waals surface area contributed by atoms with Crippen molar-refractivity contribution < 1.29 is 5.11 Å². The molecule has 1 aliphatic rings. The molecule has 0 bridgehead atoms. The Balaban J connectivity index is 2.35. The molecule has 3 heteroatoms. The van der Waals surface area contributed by atoms with Gasteiger partial charge >= 0.3 is 0 Å². The zero-order valence-electron chi connectivity index (χ0n) is 8.92. The van der Waals surface area contributed by atoms with Gasteiger partial charge in [0.1, 0.15) is 0 Å². The molecule has 0 saturated carbocycles. The van der Waals surface area contributed by atoms with E-state index in [1.807, 2.05) is 25.6 Å². The fourth-order valence-corrected chi connectivity index (χ4v) is 2.95. The molecule has 0 aromatic heterocycles. The highest BCUT2D eigenvalue weighted by Gasteiger charge is 2.26. The van der Waals surface area contributed by atoms with Crippen LogP contribution in [0.2, 0.25) is 0 Å². The number of hydrogen-bond donors (Lipinski definition) is 1. The van der Waals surface area contributed by atoms with Crippen LogP contribution in [0.3, 0.4) is 0 Å². The first-order valence-corrected chi connectivity index (χ1v) is 6.21. The number of likely N-dealkylation sites (N-methyl/N-ethyl adjacent to an activating group) is 1. The van der Waals surface area contributed by atoms with Gasteiger partial charge in [0, 0.05) is 18.3 Å². The first-order chi connectivity index (χ1) is 6.05. The third kappa shape index (κ3) is 3.49. The van der Waals surface area contributed by atoms with Crippen LogP contribution in [-0.2, 0) is 0 Å². The van der Waals surface area contributed by atoms with Gasteiger partial charge in [-0.15, -0.1) is 0 Å². The second kappa shape index (κ2) is 4.67. The maximum Gasteiger partial charge on any atom is 0.0743 e. The van der Waals surface area contributed by atoms with E-state index in [0.717, 1.165) is 13.0 Å². The summed E-state index contributed by atoms with van der Waals surface area (Å²) in [6, 6.07) is 0.683. The fraction of sp³-hybridized carbons (Fsp3) is 1.00. The van der Waals surface area contributed by atoms with E-state index in [-0.39, 0.29) is 0 Å². The smallest absolute Gasteiger partial charge is 0.0743 e. The Kier molecular flexibility index (Phi) is 4.07. The number of nitrogens with zero attached hydrogens (tertiary/aromatic N) is 1. The highest BCUT2D eigenvalue weighted by Crippen LogP contribution is 2.23. The van der Waals surface area contributed by atoms with Crippen molar-refractivity contribution in [3.8, 4) is 0 Å². The summed E-state index contributed by atoms with van der Waals surface area (Å²) in [6.45, 7) is 4.76. The molecule has 2 unspecified atom stereocenters. The molecule has 0 aromatic rings. The SMILES string of the molecule is CCC(C)(O)CN(C)C1CCSC1. The molecular weight excluding hydrogens is 182 g/mol. The van der Waals surface area contributed by atoms with Crippen LogP contribution < -0.4 is 0 Å². The molecule has 1 rings (SSSR count). The maximum atomic E-state index is 9.91. The van der Waals surface area contributed by atoms with E-state index in [2.05, 4.69) is 11.9 Å². The molecule has 0 aliphatic carbocycles. The first-order valence-electron chi connectivity index (χ1n) is 5.05. The minimum absolute atomic E-state index is 0.512. The molecule has 0 radical (unpaired) electrons. The third-order valence-electron chi connectivity index (χ3n) is 2.88. The van der Waals surface area contributed by atoms with Gasteiger partial charge in [0.05, 0.1) is 5.60 Å². The van der Waals surface area contributed by atoms with Gasteiger partial charge in [-0.25, -0.2) is 0 Å². The molecule has 78 valence electrons. The highest BCUT2D eigenvalue weighted by molar-refractivity contribution is 7.99. The van der Waals surface area contributed by atoms with E-state index in [4.69, 9.17) is 0 Å². The van der Waals surface area contributed by atoms with Gasteiger partial charge in [-0.1, -0.05) is 6.92 Å². The van der Waals surface area contributed by atoms with Crippen LogP contribution in [0.4, 0.5) is 0 Å². The molecule has 2 nitrogen and oxygen atoms in total. The average Bonchev–Trinajstić information content (AvgIpc) is 2.55. The maximum absolute atomic E-state index is 9.91. The van der Waals surface area contributed by atoms with E-state index in [1.165, 1.54) is 17.9 Å². The van der Waals surface area contributed by atoms with Crippen LogP contribution in [0.1, 0.15) is 26.7 Å². The summed E-state index contributed by atoms with van der Waals surface area (Å²) in [4.78, 5) is 2.31. The Morgan fingerprint density at radius 2 is 2.31 bits per heavy atom. The molecule has 0 spiro atoms. The highest BCUT2D eigenvalue weighted by atomic mass is 32.2. The summed E-state index contributed by atoms with van der Waals surface area (Å²) in [5.74, 6) is 2.51. The largest absolute Gasteiger partial charge is 0.389 e. The van der Waals surface area contributed by atoms with Crippen LogP contribution >= 0.6 is 11.8 Å². The molecule has 13 heavy (non-hydrogen) atoms. The molecule has 1 saturated heterocycles. The number of thioether (sulfide) groups is 1. The van der Waals surface area contributed by atoms with Crippen molar-refractivity contribution in [1.29, 1.82) is 0 Å². The van der Waals surface area contributed by atoms with Crippen LogP contribution in [-0.4, -0.2) is 46.7 Å². The van der Waals surface area contributed by atoms with Crippen molar-refractivity contribution in [3.63, 3.8) is 0 Å². The quantitative estimate of drug-likeness (QED) is 0.750. The van der Waals surface area contributed by atoms with E-state index < -0.39 is 5.60 Å². The second-order valence-corrected chi connectivity index (χ2v) is 5.43. The van der Waals surface area contributed by atoms with Gasteiger partial charge in [-0.3, -0.25) is 4.90 Å². The Morgan fingerprint density at radius 3 is 2.77 bits per heavy atom. The monoisotopic (exact) mass is 203 g/mol. The number of aliphatic hydroxyl groups is 1. The van der Waals surface area contributed by atoms with Crippen molar-refractivity contribution in [2.45, 2.75) is 38.3 Å². The molecule has 1 N–H and O–H groups in total. The molecule has 1 aliphatic heterocycles. The lowest BCUT2D eigenvalue weighted by Crippen LogP contribution is -2.43. The van der Waals surface area contributed by atoms with Crippen LogP contribution in [0.5, 0.6) is 0 Å². The van der Waals surface area contributed by atoms with E-state index in [1.54, 1.807) is 0 Å². The molecule has 1 heterocycles. The Labute approximate surface area is 85.7 Å². The predicted octanol–water partition coefficient (Wildman–Crippen LogP) is 1.58. The lowest BCUT2D eigenvalue weighted by molar-refractivity contribution is 0.0150. The lowest BCUT2D eigenvalue weighted by atomic mass is 10.0. The minimum Gasteiger partial charge on any atom is -0.389 e. The van der Waals surface area contributed by atoms with Crippen molar-refractivity contribution in [2.75, 3.05) is 25.1 Å². The van der Waals surface area contributed by atoms with Gasteiger partial charge in [0.2, 0.25) is 0 Å². The summed E-state index contributed by atoms with van der Waals surface area (Å²) in [5.41, 5.74) is -0.512. The van der Waals surface area contributed by atoms with Gasteiger partial charge < -0.3 is 5.11 Å². The Morgan fingerprint density at radius 1 is 1.62 bits per heavy atom. The average molecular weight is 203 g/mol. The minimum atomic E-state index is -0.512. The molecule has 0 aromatic carbocycles. The molecule has 2 atom stereocenters. The number of hydrogen-bond acceptors (Lipinski definition) is 3. The summed E-state index contributed by atoms with van der Waals surface area (Å²) < 4.78 is 0. The van der Waals surface area contributed by atoms with E-state index in [0.29, 0.717) is 6.04 Å². The Hall–Kier alpha value is 0.270. The standard InChI is InChI=1S/C10H21NOS/c1-4-10(2,12)8-11(3)9-5-6-13-7-9/h9,12H,4-8H2,1-3H3. The van der Waals surface area contributed by atoms with Crippen LogP contribution in [0.25, 0.3) is 0 Å². The summed E-state index contributed by atoms with van der Waals surface area (Å²) in [5, 5.41) is 9.91. The topological polar surface area (TPSA) is 23.5 Å². The van der Waals surface area contributed by atoms with E-state index in [9.17, 15) is 5.11 Å². The van der Waals surface area contributed by atoms with Crippen LogP contribution in [0, 0.1) is 0 Å². The summed E-state index contributed by atoms with van der Waals surface area (Å²) in [6.07, 6.45) is 2.11. The molecular formula is C10H21NOS. The molecule has 1 fully saturated rings. The Bertz CT molecular complexity index is 155. The van der Waals surface area contributed by atoms with Gasteiger partial charge in [-0.05, 0) is 32.6 Å². The third-order valence-corrected chi connectivity index (χ3v) is 4.03. The van der Waals surface area contributed by atoms with Crippen LogP contribution in [0.15, 0.2) is 0 Å². The van der Waals surface area contributed by atoms with Crippen molar-refractivity contribution in [1.82, 2.24) is 4.90 Å². The normalized spacial score (nSPS) is 27.9. The van der Waals surface area contributed by atoms with Gasteiger partial charge in [0.25, 0.3) is 0 Å². The van der Waals surface area contributed by atoms with Gasteiger partial charge in [0.15, 0.2) is 0 Å². The molecule has 0 amide bonds. The van der Waals surface area contributed by atoms with Crippen molar-refractivity contribution >= 4 is 11.8 Å². The predicted molar refractivity (Wildman–Crippen MR) is 59.3 cm³/mol. The van der Waals surface area contributed by atoms with Crippen molar-refractivity contribution in [3.05, 3.63) is 0 Å². The van der Waals surface area contributed by atoms with E-state index >= 15 is 0 Å². The van der Waals surface area contributed by atoms with Crippen molar-refractivity contribution in [2.24, 2.45) is 0 Å². The van der Waals surface area contributed by atoms with Gasteiger partial charge in [-0.2, -0.15) is 11.8 Å².